The summed E-state index contributed by atoms with van der Waals surface area (Å²) in [6.07, 6.45) is 0. The molecule has 6 nitrogen and oxygen atoms in total. The van der Waals surface area contributed by atoms with E-state index in [2.05, 4.69) is 0 Å². The molecule has 9 heteroatoms. The van der Waals surface area contributed by atoms with Crippen molar-refractivity contribution in [2.75, 3.05) is 6.54 Å². The summed E-state index contributed by atoms with van der Waals surface area (Å²) in [4.78, 5) is 22.3. The van der Waals surface area contributed by atoms with Gasteiger partial charge in [-0.2, -0.15) is 4.31 Å². The topological polar surface area (TPSA) is 83.6 Å². The number of hydrogen-bond donors (Lipinski definition) is 1. The second-order valence-electron chi connectivity index (χ2n) is 4.21. The zero-order valence-corrected chi connectivity index (χ0v) is 11.8. The Morgan fingerprint density at radius 2 is 2.05 bits per heavy atom. The second kappa shape index (κ2) is 5.12. The van der Waals surface area contributed by atoms with Gasteiger partial charge in [0.2, 0.25) is 21.8 Å². The molecular formula is C11H10ClFN2O4S. The Hall–Kier alpha value is -1.51. The van der Waals surface area contributed by atoms with Crippen LogP contribution in [0.1, 0.15) is 6.92 Å². The highest BCUT2D eigenvalue weighted by Crippen LogP contribution is 2.27. The molecule has 1 saturated heterocycles. The average molecular weight is 321 g/mol. The summed E-state index contributed by atoms with van der Waals surface area (Å²) in [7, 11) is -4.25. The van der Waals surface area contributed by atoms with Crippen LogP contribution in [0.3, 0.4) is 0 Å². The molecule has 20 heavy (non-hydrogen) atoms. The number of benzene rings is 1. The quantitative estimate of drug-likeness (QED) is 0.805. The van der Waals surface area contributed by atoms with Gasteiger partial charge in [-0.25, -0.2) is 12.8 Å². The van der Waals surface area contributed by atoms with Crippen molar-refractivity contribution in [3.63, 3.8) is 0 Å². The number of sulfonamides is 1. The summed E-state index contributed by atoms with van der Waals surface area (Å²) in [5.74, 6) is -2.27. The Morgan fingerprint density at radius 1 is 1.40 bits per heavy atom. The van der Waals surface area contributed by atoms with Gasteiger partial charge < -0.3 is 0 Å². The minimum Gasteiger partial charge on any atom is -0.294 e. The van der Waals surface area contributed by atoms with E-state index < -0.39 is 45.1 Å². The Balaban J connectivity index is 2.51. The van der Waals surface area contributed by atoms with E-state index in [0.29, 0.717) is 4.31 Å². The minimum atomic E-state index is -4.25. The molecule has 0 radical (unpaired) electrons. The maximum absolute atomic E-state index is 13.2. The molecule has 0 aliphatic carbocycles. The fraction of sp³-hybridized carbons (Fsp3) is 0.273. The molecule has 1 aromatic rings. The van der Waals surface area contributed by atoms with Crippen molar-refractivity contribution < 1.29 is 22.4 Å². The lowest BCUT2D eigenvalue weighted by atomic mass is 10.2. The van der Waals surface area contributed by atoms with Crippen LogP contribution in [0.15, 0.2) is 23.1 Å². The molecule has 1 unspecified atom stereocenters. The smallest absolute Gasteiger partial charge is 0.245 e. The number of piperazine rings is 1. The van der Waals surface area contributed by atoms with Crippen LogP contribution in [0.25, 0.3) is 0 Å². The lowest BCUT2D eigenvalue weighted by molar-refractivity contribution is -0.136. The van der Waals surface area contributed by atoms with E-state index in [4.69, 9.17) is 11.6 Å². The van der Waals surface area contributed by atoms with E-state index in [0.717, 1.165) is 18.2 Å². The fourth-order valence-corrected chi connectivity index (χ4v) is 3.82. The number of hydrogen-bond acceptors (Lipinski definition) is 4. The highest BCUT2D eigenvalue weighted by atomic mass is 35.5. The van der Waals surface area contributed by atoms with E-state index in [1.807, 2.05) is 5.32 Å². The van der Waals surface area contributed by atoms with Crippen molar-refractivity contribution in [3.05, 3.63) is 29.0 Å². The molecule has 1 fully saturated rings. The van der Waals surface area contributed by atoms with Gasteiger partial charge in [-0.3, -0.25) is 14.9 Å². The Labute approximate surface area is 119 Å². The summed E-state index contributed by atoms with van der Waals surface area (Å²) in [6.45, 7) is 0.800. The molecule has 0 spiro atoms. The van der Waals surface area contributed by atoms with Gasteiger partial charge in [-0.1, -0.05) is 11.6 Å². The van der Waals surface area contributed by atoms with E-state index in [1.165, 1.54) is 6.92 Å². The first-order valence-electron chi connectivity index (χ1n) is 5.54. The zero-order chi connectivity index (χ0) is 15.1. The fourth-order valence-electron chi connectivity index (χ4n) is 1.78. The highest BCUT2D eigenvalue weighted by molar-refractivity contribution is 7.89. The largest absolute Gasteiger partial charge is 0.294 e. The molecule has 0 bridgehead atoms. The van der Waals surface area contributed by atoms with Gasteiger partial charge in [-0.15, -0.1) is 0 Å². The Morgan fingerprint density at radius 3 is 2.70 bits per heavy atom. The van der Waals surface area contributed by atoms with Gasteiger partial charge in [0.05, 0.1) is 11.6 Å². The number of nitrogens with zero attached hydrogens (tertiary/aromatic N) is 1. The maximum atomic E-state index is 13.2. The van der Waals surface area contributed by atoms with Crippen LogP contribution in [-0.2, 0) is 19.6 Å². The summed E-state index contributed by atoms with van der Waals surface area (Å²) < 4.78 is 38.7. The summed E-state index contributed by atoms with van der Waals surface area (Å²) in [5, 5.41) is 1.83. The average Bonchev–Trinajstić information content (AvgIpc) is 2.36. The molecule has 1 aliphatic rings. The van der Waals surface area contributed by atoms with Crippen molar-refractivity contribution in [1.82, 2.24) is 9.62 Å². The molecule has 1 aliphatic heterocycles. The zero-order valence-electron chi connectivity index (χ0n) is 10.3. The lowest BCUT2D eigenvalue weighted by Gasteiger charge is -2.30. The predicted octanol–water partition coefficient (Wildman–Crippen LogP) is 0.515. The number of amides is 2. The van der Waals surface area contributed by atoms with Gasteiger partial charge in [-0.05, 0) is 25.1 Å². The predicted molar refractivity (Wildman–Crippen MR) is 67.9 cm³/mol. The number of carbonyl (C=O) groups is 2. The Bertz CT molecular complexity index is 692. The van der Waals surface area contributed by atoms with Crippen LogP contribution < -0.4 is 5.32 Å². The molecule has 2 amide bonds. The molecule has 108 valence electrons. The van der Waals surface area contributed by atoms with Gasteiger partial charge in [0.1, 0.15) is 16.8 Å². The van der Waals surface area contributed by atoms with Crippen LogP contribution in [-0.4, -0.2) is 37.1 Å². The number of carbonyl (C=O) groups excluding carboxylic acids is 2. The molecular weight excluding hydrogens is 311 g/mol. The van der Waals surface area contributed by atoms with Crippen molar-refractivity contribution in [2.24, 2.45) is 0 Å². The first-order chi connectivity index (χ1) is 9.23. The van der Waals surface area contributed by atoms with Crippen LogP contribution in [0.2, 0.25) is 5.02 Å². The number of imide groups is 1. The summed E-state index contributed by atoms with van der Waals surface area (Å²) >= 11 is 5.76. The first-order valence-corrected chi connectivity index (χ1v) is 7.36. The van der Waals surface area contributed by atoms with Crippen molar-refractivity contribution in [3.8, 4) is 0 Å². The third-order valence-corrected chi connectivity index (χ3v) is 5.25. The highest BCUT2D eigenvalue weighted by Gasteiger charge is 2.39. The summed E-state index contributed by atoms with van der Waals surface area (Å²) in [6, 6.07) is 1.78. The maximum Gasteiger partial charge on any atom is 0.245 e. The molecule has 1 atom stereocenters. The van der Waals surface area contributed by atoms with E-state index in [-0.39, 0.29) is 5.02 Å². The van der Waals surface area contributed by atoms with E-state index >= 15 is 0 Å². The molecule has 0 aromatic heterocycles. The third kappa shape index (κ3) is 2.54. The number of halogens is 2. The molecule has 0 saturated carbocycles. The van der Waals surface area contributed by atoms with E-state index in [9.17, 15) is 22.4 Å². The van der Waals surface area contributed by atoms with Crippen LogP contribution in [0.4, 0.5) is 4.39 Å². The van der Waals surface area contributed by atoms with Crippen molar-refractivity contribution in [1.29, 1.82) is 0 Å². The molecule has 2 rings (SSSR count). The standard InChI is InChI=1S/C11H10ClFN2O4S/c1-6-11(17)14-10(16)5-15(6)20(18,19)9-4-7(13)2-3-8(9)12/h2-4,6H,5H2,1H3,(H,14,16,17). The van der Waals surface area contributed by atoms with Crippen LogP contribution in [0, 0.1) is 5.82 Å². The lowest BCUT2D eigenvalue weighted by Crippen LogP contribution is -2.58. The van der Waals surface area contributed by atoms with E-state index in [1.54, 1.807) is 0 Å². The minimum absolute atomic E-state index is 0.183. The van der Waals surface area contributed by atoms with Gasteiger partial charge >= 0.3 is 0 Å². The SMILES string of the molecule is CC1C(=O)NC(=O)CN1S(=O)(=O)c1cc(F)ccc1Cl. The van der Waals surface area contributed by atoms with Crippen molar-refractivity contribution in [2.45, 2.75) is 17.9 Å². The molecule has 1 aromatic carbocycles. The monoisotopic (exact) mass is 320 g/mol. The molecule has 1 heterocycles. The van der Waals surface area contributed by atoms with Crippen LogP contribution in [0.5, 0.6) is 0 Å². The van der Waals surface area contributed by atoms with Gasteiger partial charge in [0.25, 0.3) is 0 Å². The third-order valence-electron chi connectivity index (χ3n) is 2.85. The first kappa shape index (κ1) is 14.9. The summed E-state index contributed by atoms with van der Waals surface area (Å²) in [5.41, 5.74) is 0. The second-order valence-corrected chi connectivity index (χ2v) is 6.48. The van der Waals surface area contributed by atoms with Gasteiger partial charge in [0.15, 0.2) is 0 Å². The van der Waals surface area contributed by atoms with Gasteiger partial charge in [0, 0.05) is 0 Å². The Kier molecular flexibility index (Phi) is 3.81. The number of nitrogens with one attached hydrogen (secondary N) is 1. The normalized spacial score (nSPS) is 20.9. The molecule has 1 N–H and O–H groups in total. The number of rotatable bonds is 2. The van der Waals surface area contributed by atoms with Crippen LogP contribution >= 0.6 is 11.6 Å². The van der Waals surface area contributed by atoms with Crippen molar-refractivity contribution >= 4 is 33.4 Å².